The second-order valence-electron chi connectivity index (χ2n) is 5.33. The molecule has 0 amide bonds. The van der Waals surface area contributed by atoms with Crippen LogP contribution >= 0.6 is 11.8 Å². The zero-order chi connectivity index (χ0) is 12.1. The van der Waals surface area contributed by atoms with E-state index in [4.69, 9.17) is 0 Å². The average Bonchev–Trinajstić information content (AvgIpc) is 2.30. The van der Waals surface area contributed by atoms with E-state index in [1.165, 1.54) is 44.5 Å². The third-order valence-electron chi connectivity index (χ3n) is 3.46. The van der Waals surface area contributed by atoms with Crippen LogP contribution in [0.3, 0.4) is 0 Å². The number of likely N-dealkylation sites (tertiary alicyclic amines) is 1. The summed E-state index contributed by atoms with van der Waals surface area (Å²) < 4.78 is 0. The van der Waals surface area contributed by atoms with E-state index < -0.39 is 0 Å². The molecule has 2 atom stereocenters. The van der Waals surface area contributed by atoms with Gasteiger partial charge in [-0.2, -0.15) is 0 Å². The van der Waals surface area contributed by atoms with Crippen molar-refractivity contribution in [3.8, 4) is 0 Å². The van der Waals surface area contributed by atoms with Gasteiger partial charge in [0, 0.05) is 18.3 Å². The number of hydrogen-bond donors (Lipinski definition) is 1. The Morgan fingerprint density at radius 3 is 2.88 bits per heavy atom. The maximum atomic E-state index is 4.67. The van der Waals surface area contributed by atoms with Gasteiger partial charge in [0.05, 0.1) is 6.04 Å². The van der Waals surface area contributed by atoms with Gasteiger partial charge in [-0.3, -0.25) is 4.99 Å². The first-order valence-electron chi connectivity index (χ1n) is 6.93. The molecule has 0 aromatic carbocycles. The Hall–Kier alpha value is -0.220. The van der Waals surface area contributed by atoms with Crippen molar-refractivity contribution in [1.29, 1.82) is 0 Å². The molecule has 4 heteroatoms. The Morgan fingerprint density at radius 1 is 1.41 bits per heavy atom. The van der Waals surface area contributed by atoms with Crippen molar-refractivity contribution in [2.24, 2.45) is 4.99 Å². The number of piperidine rings is 1. The number of nitrogens with zero attached hydrogens (tertiary/aromatic N) is 2. The second-order valence-corrected chi connectivity index (χ2v) is 6.41. The molecule has 1 fully saturated rings. The molecule has 0 bridgehead atoms. The van der Waals surface area contributed by atoms with Crippen LogP contribution in [0.15, 0.2) is 4.99 Å². The van der Waals surface area contributed by atoms with Gasteiger partial charge in [-0.15, -0.1) is 0 Å². The lowest BCUT2D eigenvalue weighted by Gasteiger charge is -2.30. The van der Waals surface area contributed by atoms with Crippen LogP contribution in [-0.2, 0) is 0 Å². The summed E-state index contributed by atoms with van der Waals surface area (Å²) in [6.07, 6.45) is 5.38. The second kappa shape index (κ2) is 6.64. The van der Waals surface area contributed by atoms with Crippen LogP contribution in [0.4, 0.5) is 0 Å². The van der Waals surface area contributed by atoms with Gasteiger partial charge < -0.3 is 10.2 Å². The smallest absolute Gasteiger partial charge is 0.157 e. The third kappa shape index (κ3) is 4.51. The summed E-state index contributed by atoms with van der Waals surface area (Å²) in [5.74, 6) is 1.21. The van der Waals surface area contributed by atoms with Crippen molar-refractivity contribution >= 4 is 16.9 Å². The van der Waals surface area contributed by atoms with Crippen LogP contribution in [0.2, 0.25) is 0 Å². The van der Waals surface area contributed by atoms with Crippen molar-refractivity contribution in [2.45, 2.75) is 51.6 Å². The van der Waals surface area contributed by atoms with Gasteiger partial charge >= 0.3 is 0 Å². The molecule has 0 saturated carbocycles. The number of amidine groups is 1. The SMILES string of the molecule is CC1CCSC(NC(C)CN2CCCCC2)=N1. The third-order valence-corrected chi connectivity index (χ3v) is 4.40. The van der Waals surface area contributed by atoms with Gasteiger partial charge in [0.25, 0.3) is 0 Å². The summed E-state index contributed by atoms with van der Waals surface area (Å²) in [7, 11) is 0. The molecule has 2 rings (SSSR count). The molecule has 1 N–H and O–H groups in total. The molecule has 0 radical (unpaired) electrons. The largest absolute Gasteiger partial charge is 0.361 e. The van der Waals surface area contributed by atoms with Crippen molar-refractivity contribution in [3.05, 3.63) is 0 Å². The zero-order valence-corrected chi connectivity index (χ0v) is 11.9. The van der Waals surface area contributed by atoms with Crippen LogP contribution in [-0.4, -0.2) is 47.5 Å². The topological polar surface area (TPSA) is 27.6 Å². The Kier molecular flexibility index (Phi) is 5.16. The highest BCUT2D eigenvalue weighted by atomic mass is 32.2. The summed E-state index contributed by atoms with van der Waals surface area (Å²) in [5.41, 5.74) is 0. The Bertz CT molecular complexity index is 261. The number of nitrogens with one attached hydrogen (secondary N) is 1. The molecule has 3 nitrogen and oxygen atoms in total. The van der Waals surface area contributed by atoms with Gasteiger partial charge in [0.15, 0.2) is 5.17 Å². The first kappa shape index (κ1) is 13.2. The maximum absolute atomic E-state index is 4.67. The highest BCUT2D eigenvalue weighted by Gasteiger charge is 2.16. The molecule has 2 heterocycles. The van der Waals surface area contributed by atoms with Crippen molar-refractivity contribution in [2.75, 3.05) is 25.4 Å². The quantitative estimate of drug-likeness (QED) is 0.839. The van der Waals surface area contributed by atoms with Gasteiger partial charge in [-0.1, -0.05) is 18.2 Å². The van der Waals surface area contributed by atoms with Gasteiger partial charge in [0.1, 0.15) is 0 Å². The lowest BCUT2D eigenvalue weighted by atomic mass is 10.1. The van der Waals surface area contributed by atoms with Crippen molar-refractivity contribution in [3.63, 3.8) is 0 Å². The highest BCUT2D eigenvalue weighted by molar-refractivity contribution is 8.13. The molecule has 2 aliphatic heterocycles. The number of thioether (sulfide) groups is 1. The van der Waals surface area contributed by atoms with Crippen molar-refractivity contribution in [1.82, 2.24) is 10.2 Å². The van der Waals surface area contributed by atoms with E-state index in [2.05, 4.69) is 29.1 Å². The molecule has 98 valence electrons. The summed E-state index contributed by atoms with van der Waals surface area (Å²) in [5, 5.41) is 4.73. The predicted molar refractivity (Wildman–Crippen MR) is 76.9 cm³/mol. The van der Waals surface area contributed by atoms with E-state index in [1.54, 1.807) is 0 Å². The number of aliphatic imine (C=N–C) groups is 1. The van der Waals surface area contributed by atoms with E-state index in [0.717, 1.165) is 11.7 Å². The molecule has 17 heavy (non-hydrogen) atoms. The Morgan fingerprint density at radius 2 is 2.18 bits per heavy atom. The Labute approximate surface area is 109 Å². The van der Waals surface area contributed by atoms with E-state index >= 15 is 0 Å². The Balaban J connectivity index is 1.74. The first-order chi connectivity index (χ1) is 8.24. The lowest BCUT2D eigenvalue weighted by Crippen LogP contribution is -2.43. The summed E-state index contributed by atoms with van der Waals surface area (Å²) in [4.78, 5) is 7.25. The molecular formula is C13H25N3S. The predicted octanol–water partition coefficient (Wildman–Crippen LogP) is 2.33. The summed E-state index contributed by atoms with van der Waals surface area (Å²) in [6.45, 7) is 8.20. The first-order valence-corrected chi connectivity index (χ1v) is 7.92. The molecule has 0 aliphatic carbocycles. The van der Waals surface area contributed by atoms with E-state index in [0.29, 0.717) is 12.1 Å². The number of hydrogen-bond acceptors (Lipinski definition) is 4. The highest BCUT2D eigenvalue weighted by Crippen LogP contribution is 2.16. The number of rotatable bonds is 3. The molecule has 2 unspecified atom stereocenters. The van der Waals surface area contributed by atoms with E-state index in [9.17, 15) is 0 Å². The summed E-state index contributed by atoms with van der Waals surface area (Å²) >= 11 is 1.88. The minimum absolute atomic E-state index is 0.501. The minimum Gasteiger partial charge on any atom is -0.361 e. The molecule has 0 aromatic rings. The van der Waals surface area contributed by atoms with Crippen LogP contribution in [0, 0.1) is 0 Å². The van der Waals surface area contributed by atoms with Crippen molar-refractivity contribution < 1.29 is 0 Å². The van der Waals surface area contributed by atoms with E-state index in [1.807, 2.05) is 11.8 Å². The molecule has 2 aliphatic rings. The van der Waals surface area contributed by atoms with Gasteiger partial charge in [-0.05, 0) is 46.2 Å². The van der Waals surface area contributed by atoms with Crippen LogP contribution < -0.4 is 5.32 Å². The fourth-order valence-corrected chi connectivity index (χ4v) is 3.68. The molecule has 0 spiro atoms. The van der Waals surface area contributed by atoms with Gasteiger partial charge in [0.2, 0.25) is 0 Å². The fourth-order valence-electron chi connectivity index (χ4n) is 2.49. The van der Waals surface area contributed by atoms with Crippen LogP contribution in [0.1, 0.15) is 39.5 Å². The molecule has 0 aromatic heterocycles. The fraction of sp³-hybridized carbons (Fsp3) is 0.923. The molecule has 1 saturated heterocycles. The normalized spacial score (nSPS) is 28.6. The minimum atomic E-state index is 0.501. The monoisotopic (exact) mass is 255 g/mol. The zero-order valence-electron chi connectivity index (χ0n) is 11.1. The van der Waals surface area contributed by atoms with Gasteiger partial charge in [-0.25, -0.2) is 0 Å². The average molecular weight is 255 g/mol. The summed E-state index contributed by atoms with van der Waals surface area (Å²) in [6, 6.07) is 1.02. The van der Waals surface area contributed by atoms with Crippen LogP contribution in [0.5, 0.6) is 0 Å². The molecular weight excluding hydrogens is 230 g/mol. The van der Waals surface area contributed by atoms with Crippen LogP contribution in [0.25, 0.3) is 0 Å². The lowest BCUT2D eigenvalue weighted by molar-refractivity contribution is 0.215. The standard InChI is InChI=1S/C13H25N3S/c1-11-6-9-17-13(14-11)15-12(2)10-16-7-4-3-5-8-16/h11-12H,3-10H2,1-2H3,(H,14,15). The van der Waals surface area contributed by atoms with E-state index in [-0.39, 0.29) is 0 Å². The maximum Gasteiger partial charge on any atom is 0.157 e.